The molecular weight excluding hydrogens is 470 g/mol. The average molecular weight is 502 g/mol. The minimum Gasteiger partial charge on any atom is -0.492 e. The zero-order valence-electron chi connectivity index (χ0n) is 20.4. The van der Waals surface area contributed by atoms with Gasteiger partial charge in [0.25, 0.3) is 0 Å². The number of para-hydroxylation sites is 1. The number of benzene rings is 3. The first-order valence-electron chi connectivity index (χ1n) is 12.4. The third kappa shape index (κ3) is 5.53. The molecule has 1 N–H and O–H groups in total. The van der Waals surface area contributed by atoms with E-state index in [0.29, 0.717) is 24.3 Å². The molecule has 6 nitrogen and oxygen atoms in total. The van der Waals surface area contributed by atoms with Crippen molar-refractivity contribution in [2.24, 2.45) is 0 Å². The Balaban J connectivity index is 1.14. The van der Waals surface area contributed by atoms with Crippen LogP contribution in [0.25, 0.3) is 10.9 Å². The maximum absolute atomic E-state index is 12.9. The second kappa shape index (κ2) is 10.7. The van der Waals surface area contributed by atoms with Crippen molar-refractivity contribution in [2.75, 3.05) is 31.6 Å². The van der Waals surface area contributed by atoms with Crippen LogP contribution in [0.2, 0.25) is 0 Å². The monoisotopic (exact) mass is 501 g/mol. The molecule has 7 heteroatoms. The average Bonchev–Trinajstić information content (AvgIpc) is 2.90. The summed E-state index contributed by atoms with van der Waals surface area (Å²) in [4.78, 5) is 7.32. The molecule has 0 bridgehead atoms. The van der Waals surface area contributed by atoms with Crippen LogP contribution in [-0.4, -0.2) is 49.8 Å². The molecule has 0 unspecified atom stereocenters. The van der Waals surface area contributed by atoms with E-state index in [9.17, 15) is 8.42 Å². The summed E-state index contributed by atoms with van der Waals surface area (Å²) in [5, 5.41) is 4.28. The number of likely N-dealkylation sites (tertiary alicyclic amines) is 1. The van der Waals surface area contributed by atoms with Crippen molar-refractivity contribution < 1.29 is 13.2 Å². The van der Waals surface area contributed by atoms with Crippen LogP contribution in [0.3, 0.4) is 0 Å². The van der Waals surface area contributed by atoms with Gasteiger partial charge in [0, 0.05) is 35.1 Å². The van der Waals surface area contributed by atoms with Crippen molar-refractivity contribution in [3.63, 3.8) is 0 Å². The molecule has 1 fully saturated rings. The highest BCUT2D eigenvalue weighted by molar-refractivity contribution is 7.92. The Hall–Kier alpha value is -3.42. The number of nitrogens with zero attached hydrogens (tertiary/aromatic N) is 2. The van der Waals surface area contributed by atoms with Gasteiger partial charge in [0.15, 0.2) is 9.84 Å². The summed E-state index contributed by atoms with van der Waals surface area (Å²) < 4.78 is 31.8. The van der Waals surface area contributed by atoms with Crippen LogP contribution >= 0.6 is 0 Å². The SMILES string of the molecule is Cc1cc(Nc2cccc(OCCN3CCC(S(=O)(=O)c4ccccc4)CC3)c2)c2ccccc2n1. The summed E-state index contributed by atoms with van der Waals surface area (Å²) in [5.74, 6) is 0.802. The summed E-state index contributed by atoms with van der Waals surface area (Å²) in [7, 11) is -3.26. The summed E-state index contributed by atoms with van der Waals surface area (Å²) in [6.45, 7) is 4.84. The highest BCUT2D eigenvalue weighted by Gasteiger charge is 2.31. The molecule has 1 aromatic heterocycles. The second-order valence-corrected chi connectivity index (χ2v) is 11.5. The molecule has 36 heavy (non-hydrogen) atoms. The molecule has 0 saturated carbocycles. The first kappa shape index (κ1) is 24.3. The molecular formula is C29H31N3O3S. The van der Waals surface area contributed by atoms with E-state index in [4.69, 9.17) is 4.74 Å². The number of hydrogen-bond acceptors (Lipinski definition) is 6. The van der Waals surface area contributed by atoms with Crippen LogP contribution in [0.15, 0.2) is 89.8 Å². The van der Waals surface area contributed by atoms with Crippen LogP contribution in [-0.2, 0) is 9.84 Å². The predicted molar refractivity (Wildman–Crippen MR) is 145 cm³/mol. The van der Waals surface area contributed by atoms with Gasteiger partial charge in [-0.1, -0.05) is 42.5 Å². The first-order chi connectivity index (χ1) is 17.5. The van der Waals surface area contributed by atoms with Gasteiger partial charge in [-0.25, -0.2) is 8.42 Å². The molecule has 1 aliphatic rings. The van der Waals surface area contributed by atoms with Crippen LogP contribution in [0, 0.1) is 6.92 Å². The third-order valence-corrected chi connectivity index (χ3v) is 8.96. The van der Waals surface area contributed by atoms with E-state index in [1.54, 1.807) is 24.3 Å². The van der Waals surface area contributed by atoms with E-state index in [1.807, 2.05) is 55.5 Å². The molecule has 5 rings (SSSR count). The standard InChI is InChI=1S/C29H31N3O3S/c1-22-20-29(27-12-5-6-13-28(27)30-22)31-23-8-7-9-24(21-23)35-19-18-32-16-14-26(15-17-32)36(33,34)25-10-3-2-4-11-25/h2-13,20-21,26H,14-19H2,1H3,(H,30,31). The highest BCUT2D eigenvalue weighted by atomic mass is 32.2. The Morgan fingerprint density at radius 3 is 2.50 bits per heavy atom. The maximum Gasteiger partial charge on any atom is 0.181 e. The summed E-state index contributed by atoms with van der Waals surface area (Å²) in [6.07, 6.45) is 1.30. The second-order valence-electron chi connectivity index (χ2n) is 9.23. The van der Waals surface area contributed by atoms with Gasteiger partial charge in [0.2, 0.25) is 0 Å². The Bertz CT molecular complexity index is 1430. The smallest absolute Gasteiger partial charge is 0.181 e. The Kier molecular flexibility index (Phi) is 7.20. The van der Waals surface area contributed by atoms with Crippen LogP contribution in [0.1, 0.15) is 18.5 Å². The third-order valence-electron chi connectivity index (χ3n) is 6.68. The molecule has 1 aliphatic heterocycles. The van der Waals surface area contributed by atoms with Gasteiger partial charge >= 0.3 is 0 Å². The number of pyridine rings is 1. The summed E-state index contributed by atoms with van der Waals surface area (Å²) in [5.41, 5.74) is 3.90. The molecule has 4 aromatic rings. The van der Waals surface area contributed by atoms with Gasteiger partial charge < -0.3 is 10.1 Å². The van der Waals surface area contributed by atoms with Gasteiger partial charge in [-0.3, -0.25) is 9.88 Å². The molecule has 3 aromatic carbocycles. The number of piperidine rings is 1. The van der Waals surface area contributed by atoms with E-state index in [2.05, 4.69) is 27.3 Å². The number of ether oxygens (including phenoxy) is 1. The first-order valence-corrected chi connectivity index (χ1v) is 13.9. The molecule has 186 valence electrons. The van der Waals surface area contributed by atoms with Gasteiger partial charge in [0.1, 0.15) is 12.4 Å². The predicted octanol–water partition coefficient (Wildman–Crippen LogP) is 5.60. The van der Waals surface area contributed by atoms with Crippen LogP contribution < -0.4 is 10.1 Å². The fourth-order valence-electron chi connectivity index (χ4n) is 4.77. The normalized spacial score (nSPS) is 15.1. The van der Waals surface area contributed by atoms with Crippen molar-refractivity contribution in [3.8, 4) is 5.75 Å². The lowest BCUT2D eigenvalue weighted by atomic mass is 10.1. The van der Waals surface area contributed by atoms with Crippen molar-refractivity contribution >= 4 is 32.1 Å². The minimum absolute atomic E-state index is 0.312. The number of fused-ring (bicyclic) bond motifs is 1. The molecule has 0 spiro atoms. The molecule has 0 radical (unpaired) electrons. The molecule has 2 heterocycles. The summed E-state index contributed by atoms with van der Waals surface area (Å²) in [6, 6.07) is 26.9. The van der Waals surface area contributed by atoms with E-state index in [-0.39, 0.29) is 5.25 Å². The number of aromatic nitrogens is 1. The lowest BCUT2D eigenvalue weighted by Gasteiger charge is -2.31. The summed E-state index contributed by atoms with van der Waals surface area (Å²) >= 11 is 0. The fraction of sp³-hybridized carbons (Fsp3) is 0.276. The van der Waals surface area contributed by atoms with Crippen LogP contribution in [0.4, 0.5) is 11.4 Å². The Morgan fingerprint density at radius 2 is 1.69 bits per heavy atom. The van der Waals surface area contributed by atoms with E-state index >= 15 is 0 Å². The Morgan fingerprint density at radius 1 is 0.944 bits per heavy atom. The lowest BCUT2D eigenvalue weighted by Crippen LogP contribution is -2.41. The Labute approximate surface area is 212 Å². The highest BCUT2D eigenvalue weighted by Crippen LogP contribution is 2.28. The van der Waals surface area contributed by atoms with Gasteiger partial charge in [-0.15, -0.1) is 0 Å². The van der Waals surface area contributed by atoms with Crippen molar-refractivity contribution in [2.45, 2.75) is 29.9 Å². The number of nitrogens with one attached hydrogen (secondary N) is 1. The van der Waals surface area contributed by atoms with E-state index in [0.717, 1.165) is 53.4 Å². The van der Waals surface area contributed by atoms with Crippen molar-refractivity contribution in [3.05, 3.63) is 90.6 Å². The van der Waals surface area contributed by atoms with Crippen molar-refractivity contribution in [1.82, 2.24) is 9.88 Å². The van der Waals surface area contributed by atoms with Crippen molar-refractivity contribution in [1.29, 1.82) is 0 Å². The number of hydrogen-bond donors (Lipinski definition) is 1. The van der Waals surface area contributed by atoms with Gasteiger partial charge in [0.05, 0.1) is 15.7 Å². The molecule has 0 aliphatic carbocycles. The molecule has 0 atom stereocenters. The topological polar surface area (TPSA) is 71.5 Å². The van der Waals surface area contributed by atoms with Crippen LogP contribution in [0.5, 0.6) is 5.75 Å². The van der Waals surface area contributed by atoms with E-state index < -0.39 is 9.84 Å². The molecule has 0 amide bonds. The number of rotatable bonds is 8. The van der Waals surface area contributed by atoms with Gasteiger partial charge in [-0.05, 0) is 69.3 Å². The minimum atomic E-state index is -3.26. The zero-order chi connectivity index (χ0) is 25.0. The van der Waals surface area contributed by atoms with Gasteiger partial charge in [-0.2, -0.15) is 0 Å². The zero-order valence-corrected chi connectivity index (χ0v) is 21.2. The quantitative estimate of drug-likeness (QED) is 0.339. The lowest BCUT2D eigenvalue weighted by molar-refractivity contribution is 0.184. The number of anilines is 2. The number of sulfone groups is 1. The largest absolute Gasteiger partial charge is 0.492 e. The number of aryl methyl sites for hydroxylation is 1. The fourth-order valence-corrected chi connectivity index (χ4v) is 6.52. The van der Waals surface area contributed by atoms with E-state index in [1.165, 1.54) is 0 Å². The maximum atomic E-state index is 12.9. The molecule has 1 saturated heterocycles.